The molecule has 0 aliphatic heterocycles. The summed E-state index contributed by atoms with van der Waals surface area (Å²) >= 11 is 0. The Bertz CT molecular complexity index is 541. The first-order valence-electron chi connectivity index (χ1n) is 6.36. The predicted octanol–water partition coefficient (Wildman–Crippen LogP) is 2.93. The van der Waals surface area contributed by atoms with Gasteiger partial charge in [0.15, 0.2) is 0 Å². The summed E-state index contributed by atoms with van der Waals surface area (Å²) in [5.41, 5.74) is -1.33. The van der Waals surface area contributed by atoms with Crippen LogP contribution < -0.4 is 5.32 Å². The summed E-state index contributed by atoms with van der Waals surface area (Å²) in [7, 11) is 0. The lowest BCUT2D eigenvalue weighted by molar-refractivity contribution is -0.386. The lowest BCUT2D eigenvalue weighted by Crippen LogP contribution is -2.37. The number of para-hydroxylation sites is 1. The normalized spacial score (nSPS) is 16.9. The second-order valence-corrected chi connectivity index (χ2v) is 5.08. The molecule has 1 aliphatic rings. The van der Waals surface area contributed by atoms with E-state index in [9.17, 15) is 19.3 Å². The van der Waals surface area contributed by atoms with Gasteiger partial charge in [-0.05, 0) is 25.0 Å². The molecule has 0 unspecified atom stereocenters. The van der Waals surface area contributed by atoms with Crippen LogP contribution in [0.4, 0.5) is 15.8 Å². The fourth-order valence-corrected chi connectivity index (χ4v) is 2.77. The first kappa shape index (κ1) is 14.2. The predicted molar refractivity (Wildman–Crippen MR) is 70.1 cm³/mol. The molecule has 1 saturated carbocycles. The summed E-state index contributed by atoms with van der Waals surface area (Å²) < 4.78 is 13.6. The van der Waals surface area contributed by atoms with Crippen molar-refractivity contribution in [1.29, 1.82) is 0 Å². The molecule has 1 fully saturated rings. The highest BCUT2D eigenvalue weighted by Crippen LogP contribution is 2.38. The molecule has 7 heteroatoms. The minimum absolute atomic E-state index is 0.0400. The molecular weight excluding hydrogens is 267 g/mol. The van der Waals surface area contributed by atoms with Crippen LogP contribution >= 0.6 is 0 Å². The van der Waals surface area contributed by atoms with Gasteiger partial charge in [-0.3, -0.25) is 14.9 Å². The summed E-state index contributed by atoms with van der Waals surface area (Å²) in [6.07, 6.45) is 2.77. The van der Waals surface area contributed by atoms with Crippen LogP contribution in [-0.4, -0.2) is 21.5 Å². The van der Waals surface area contributed by atoms with E-state index in [1.807, 2.05) is 0 Å². The van der Waals surface area contributed by atoms with Gasteiger partial charge in [-0.15, -0.1) is 0 Å². The maximum absolute atomic E-state index is 13.6. The van der Waals surface area contributed by atoms with Gasteiger partial charge in [0.2, 0.25) is 5.82 Å². The summed E-state index contributed by atoms with van der Waals surface area (Å²) in [5, 5.41) is 22.9. The van der Waals surface area contributed by atoms with Crippen LogP contribution in [0.15, 0.2) is 18.2 Å². The molecule has 0 saturated heterocycles. The molecule has 2 N–H and O–H groups in total. The summed E-state index contributed by atoms with van der Waals surface area (Å²) in [6, 6.07) is 3.79. The minimum Gasteiger partial charge on any atom is -0.481 e. The highest BCUT2D eigenvalue weighted by atomic mass is 19.1. The molecular formula is C13H15FN2O4. The Balaban J connectivity index is 2.34. The topological polar surface area (TPSA) is 92.5 Å². The fraction of sp³-hybridized carbons (Fsp3) is 0.462. The van der Waals surface area contributed by atoms with E-state index in [0.717, 1.165) is 18.9 Å². The molecule has 0 amide bonds. The highest BCUT2D eigenvalue weighted by molar-refractivity contribution is 5.71. The maximum atomic E-state index is 13.6. The van der Waals surface area contributed by atoms with Crippen LogP contribution in [0, 0.1) is 15.9 Å². The number of rotatable bonds is 5. The fourth-order valence-electron chi connectivity index (χ4n) is 2.77. The smallest absolute Gasteiger partial charge is 0.327 e. The number of benzene rings is 1. The van der Waals surface area contributed by atoms with E-state index in [2.05, 4.69) is 5.32 Å². The van der Waals surface area contributed by atoms with E-state index in [1.54, 1.807) is 0 Å². The Labute approximate surface area is 114 Å². The number of nitro groups is 1. The van der Waals surface area contributed by atoms with Crippen LogP contribution in [0.2, 0.25) is 0 Å². The summed E-state index contributed by atoms with van der Waals surface area (Å²) in [6.45, 7) is 0. The van der Waals surface area contributed by atoms with Crippen LogP contribution in [0.5, 0.6) is 0 Å². The number of carbonyl (C=O) groups is 1. The molecule has 20 heavy (non-hydrogen) atoms. The van der Waals surface area contributed by atoms with E-state index in [4.69, 9.17) is 5.11 Å². The molecule has 0 aromatic heterocycles. The molecule has 0 atom stereocenters. The number of hydrogen-bond donors (Lipinski definition) is 2. The molecule has 1 aromatic carbocycles. The molecule has 2 rings (SSSR count). The maximum Gasteiger partial charge on any atom is 0.327 e. The number of carboxylic acids is 1. The number of halogens is 1. The van der Waals surface area contributed by atoms with E-state index in [-0.39, 0.29) is 12.1 Å². The van der Waals surface area contributed by atoms with E-state index in [1.165, 1.54) is 12.1 Å². The van der Waals surface area contributed by atoms with Crippen LogP contribution in [0.3, 0.4) is 0 Å². The number of anilines is 1. The minimum atomic E-state index is -0.974. The van der Waals surface area contributed by atoms with Crippen LogP contribution in [0.1, 0.15) is 32.1 Å². The van der Waals surface area contributed by atoms with Crippen molar-refractivity contribution in [2.75, 3.05) is 5.32 Å². The monoisotopic (exact) mass is 282 g/mol. The Morgan fingerprint density at radius 1 is 1.45 bits per heavy atom. The van der Waals surface area contributed by atoms with Crippen LogP contribution in [0.25, 0.3) is 0 Å². The van der Waals surface area contributed by atoms with Crippen LogP contribution in [-0.2, 0) is 4.79 Å². The van der Waals surface area contributed by atoms with Crippen molar-refractivity contribution in [2.45, 2.75) is 37.6 Å². The Kier molecular flexibility index (Phi) is 3.87. The zero-order valence-electron chi connectivity index (χ0n) is 10.8. The molecule has 0 heterocycles. The summed E-state index contributed by atoms with van der Waals surface area (Å²) in [5.74, 6) is -1.90. The lowest BCUT2D eigenvalue weighted by Gasteiger charge is -2.29. The lowest BCUT2D eigenvalue weighted by atomic mass is 9.92. The molecule has 6 nitrogen and oxygen atoms in total. The SMILES string of the molecule is O=C(O)CC1(Nc2cccc(F)c2[N+](=O)[O-])CCCC1. The third-order valence-corrected chi connectivity index (χ3v) is 3.62. The zero-order chi connectivity index (χ0) is 14.8. The first-order chi connectivity index (χ1) is 9.43. The van der Waals surface area contributed by atoms with E-state index < -0.39 is 27.9 Å². The number of nitrogens with one attached hydrogen (secondary N) is 1. The number of hydrogen-bond acceptors (Lipinski definition) is 4. The van der Waals surface area contributed by atoms with Crippen molar-refractivity contribution in [2.24, 2.45) is 0 Å². The third kappa shape index (κ3) is 2.87. The molecule has 108 valence electrons. The Morgan fingerprint density at radius 3 is 2.65 bits per heavy atom. The molecule has 1 aliphatic carbocycles. The van der Waals surface area contributed by atoms with Gasteiger partial charge in [-0.2, -0.15) is 4.39 Å². The van der Waals surface area contributed by atoms with E-state index >= 15 is 0 Å². The molecule has 0 radical (unpaired) electrons. The van der Waals surface area contributed by atoms with Gasteiger partial charge in [0.25, 0.3) is 0 Å². The quantitative estimate of drug-likeness (QED) is 0.639. The number of nitrogens with zero attached hydrogens (tertiary/aromatic N) is 1. The van der Waals surface area contributed by atoms with Gasteiger partial charge in [0, 0.05) is 5.54 Å². The van der Waals surface area contributed by atoms with Gasteiger partial charge in [0.05, 0.1) is 11.3 Å². The zero-order valence-corrected chi connectivity index (χ0v) is 10.8. The number of carboxylic acid groups (broad SMARTS) is 1. The van der Waals surface area contributed by atoms with Crippen molar-refractivity contribution in [3.05, 3.63) is 34.1 Å². The van der Waals surface area contributed by atoms with Gasteiger partial charge >= 0.3 is 11.7 Å². The largest absolute Gasteiger partial charge is 0.481 e. The van der Waals surface area contributed by atoms with Gasteiger partial charge < -0.3 is 10.4 Å². The van der Waals surface area contributed by atoms with Gasteiger partial charge in [-0.1, -0.05) is 18.9 Å². The Morgan fingerprint density at radius 2 is 2.10 bits per heavy atom. The number of aliphatic carboxylic acids is 1. The summed E-state index contributed by atoms with van der Waals surface area (Å²) in [4.78, 5) is 21.2. The van der Waals surface area contributed by atoms with Crippen molar-refractivity contribution in [3.8, 4) is 0 Å². The second-order valence-electron chi connectivity index (χ2n) is 5.08. The third-order valence-electron chi connectivity index (χ3n) is 3.62. The Hall–Kier alpha value is -2.18. The van der Waals surface area contributed by atoms with Crippen molar-refractivity contribution in [3.63, 3.8) is 0 Å². The van der Waals surface area contributed by atoms with E-state index in [0.29, 0.717) is 12.8 Å². The van der Waals surface area contributed by atoms with Crippen molar-refractivity contribution >= 4 is 17.3 Å². The standard InChI is InChI=1S/C13H15FN2O4/c14-9-4-3-5-10(12(9)16(19)20)15-13(8-11(17)18)6-1-2-7-13/h3-5,15H,1-2,6-8H2,(H,17,18). The molecule has 1 aromatic rings. The van der Waals surface area contributed by atoms with Gasteiger partial charge in [-0.25, -0.2) is 0 Å². The average molecular weight is 282 g/mol. The van der Waals surface area contributed by atoms with Gasteiger partial charge in [0.1, 0.15) is 5.69 Å². The highest BCUT2D eigenvalue weighted by Gasteiger charge is 2.37. The first-order valence-corrected chi connectivity index (χ1v) is 6.36. The number of nitro benzene ring substituents is 1. The van der Waals surface area contributed by atoms with Crippen molar-refractivity contribution in [1.82, 2.24) is 0 Å². The average Bonchev–Trinajstić information content (AvgIpc) is 2.75. The molecule has 0 bridgehead atoms. The molecule has 0 spiro atoms. The van der Waals surface area contributed by atoms with Crippen molar-refractivity contribution < 1.29 is 19.2 Å². The second kappa shape index (κ2) is 5.44.